The lowest BCUT2D eigenvalue weighted by Crippen LogP contribution is -2.34. The van der Waals surface area contributed by atoms with Crippen LogP contribution in [0.2, 0.25) is 5.02 Å². The molecule has 0 radical (unpaired) electrons. The molecule has 0 spiro atoms. The minimum absolute atomic E-state index is 0.150. The van der Waals surface area contributed by atoms with Crippen molar-refractivity contribution in [3.63, 3.8) is 0 Å². The van der Waals surface area contributed by atoms with Crippen LogP contribution in [0.1, 0.15) is 18.7 Å². The first-order chi connectivity index (χ1) is 10.7. The van der Waals surface area contributed by atoms with Gasteiger partial charge in [0, 0.05) is 11.2 Å². The molecule has 0 amide bonds. The molecule has 1 aliphatic rings. The van der Waals surface area contributed by atoms with Crippen molar-refractivity contribution in [2.45, 2.75) is 13.1 Å². The van der Waals surface area contributed by atoms with E-state index in [0.717, 1.165) is 17.1 Å². The molecular weight excluding hydrogens is 302 g/mol. The molecule has 1 unspecified atom stereocenters. The molecule has 6 heteroatoms. The topological polar surface area (TPSA) is 54.5 Å². The minimum atomic E-state index is -0.270. The van der Waals surface area contributed by atoms with E-state index in [-0.39, 0.29) is 18.7 Å². The summed E-state index contributed by atoms with van der Waals surface area (Å²) in [5.41, 5.74) is 1.84. The lowest BCUT2D eigenvalue weighted by atomic mass is 10.1. The summed E-state index contributed by atoms with van der Waals surface area (Å²) in [6, 6.07) is 11.3. The normalized spacial score (nSPS) is 16.1. The van der Waals surface area contributed by atoms with Crippen LogP contribution in [0, 0.1) is 0 Å². The predicted octanol–water partition coefficient (Wildman–Crippen LogP) is 3.23. The van der Waals surface area contributed by atoms with Crippen molar-refractivity contribution in [3.8, 4) is 0 Å². The van der Waals surface area contributed by atoms with Crippen LogP contribution in [-0.4, -0.2) is 24.1 Å². The number of nitrogens with zero attached hydrogens (tertiary/aromatic N) is 2. The highest BCUT2D eigenvalue weighted by Crippen LogP contribution is 2.39. The van der Waals surface area contributed by atoms with E-state index in [9.17, 15) is 4.79 Å². The third kappa shape index (κ3) is 2.85. The highest BCUT2D eigenvalue weighted by atomic mass is 35.5. The van der Waals surface area contributed by atoms with Gasteiger partial charge in [-0.2, -0.15) is 0 Å². The molecule has 0 bridgehead atoms. The summed E-state index contributed by atoms with van der Waals surface area (Å²) in [4.78, 5) is 18.2. The molecule has 2 aromatic rings. The fourth-order valence-electron chi connectivity index (χ4n) is 2.55. The van der Waals surface area contributed by atoms with E-state index < -0.39 is 0 Å². The molecular formula is C16H16ClN3O2. The lowest BCUT2D eigenvalue weighted by molar-refractivity contribution is -0.141. The number of halogens is 1. The zero-order valence-electron chi connectivity index (χ0n) is 12.1. The van der Waals surface area contributed by atoms with Gasteiger partial charge in [-0.05, 0) is 36.8 Å². The number of anilines is 2. The third-order valence-corrected chi connectivity index (χ3v) is 3.69. The Morgan fingerprint density at radius 2 is 2.27 bits per heavy atom. The van der Waals surface area contributed by atoms with Crippen LogP contribution >= 0.6 is 11.6 Å². The quantitative estimate of drug-likeness (QED) is 0.877. The largest absolute Gasteiger partial charge is 0.465 e. The summed E-state index contributed by atoms with van der Waals surface area (Å²) >= 11 is 6.08. The second-order valence-corrected chi connectivity index (χ2v) is 5.34. The van der Waals surface area contributed by atoms with E-state index in [0.29, 0.717) is 11.6 Å². The van der Waals surface area contributed by atoms with Crippen LogP contribution in [0.4, 0.5) is 11.5 Å². The fraction of sp³-hybridized carbons (Fsp3) is 0.250. The molecule has 1 atom stereocenters. The number of esters is 1. The summed E-state index contributed by atoms with van der Waals surface area (Å²) in [6.45, 7) is 2.31. The molecule has 3 rings (SSSR count). The maximum Gasteiger partial charge on any atom is 0.325 e. The number of hydrogen-bond donors (Lipinski definition) is 1. The van der Waals surface area contributed by atoms with Crippen molar-refractivity contribution in [3.05, 3.63) is 53.2 Å². The molecule has 0 saturated carbocycles. The fourth-order valence-corrected chi connectivity index (χ4v) is 2.75. The smallest absolute Gasteiger partial charge is 0.325 e. The summed E-state index contributed by atoms with van der Waals surface area (Å²) in [5.74, 6) is 0.477. The highest BCUT2D eigenvalue weighted by Gasteiger charge is 2.32. The number of pyridine rings is 1. The van der Waals surface area contributed by atoms with Gasteiger partial charge in [-0.25, -0.2) is 4.98 Å². The van der Waals surface area contributed by atoms with Gasteiger partial charge in [-0.1, -0.05) is 23.7 Å². The minimum Gasteiger partial charge on any atom is -0.465 e. The number of carbonyl (C=O) groups is 1. The summed E-state index contributed by atoms with van der Waals surface area (Å²) in [5, 5.41) is 3.98. The van der Waals surface area contributed by atoms with Gasteiger partial charge < -0.3 is 15.0 Å². The van der Waals surface area contributed by atoms with Gasteiger partial charge in [-0.15, -0.1) is 0 Å². The van der Waals surface area contributed by atoms with E-state index in [1.165, 1.54) is 0 Å². The molecule has 0 aliphatic carbocycles. The Kier molecular flexibility index (Phi) is 4.15. The summed E-state index contributed by atoms with van der Waals surface area (Å²) < 4.78 is 5.07. The van der Waals surface area contributed by atoms with Gasteiger partial charge in [0.15, 0.2) is 5.82 Å². The van der Waals surface area contributed by atoms with Gasteiger partial charge >= 0.3 is 5.97 Å². The average Bonchev–Trinajstić information content (AvgIpc) is 2.86. The maximum absolute atomic E-state index is 11.9. The van der Waals surface area contributed by atoms with Crippen molar-refractivity contribution < 1.29 is 9.53 Å². The molecule has 5 nitrogen and oxygen atoms in total. The number of hydrogen-bond acceptors (Lipinski definition) is 5. The van der Waals surface area contributed by atoms with Crippen molar-refractivity contribution in [2.24, 2.45) is 0 Å². The zero-order chi connectivity index (χ0) is 15.5. The molecule has 1 aromatic carbocycles. The van der Waals surface area contributed by atoms with Crippen molar-refractivity contribution in [1.82, 2.24) is 4.98 Å². The Morgan fingerprint density at radius 3 is 3.05 bits per heavy atom. The molecule has 114 valence electrons. The first-order valence-electron chi connectivity index (χ1n) is 7.08. The first kappa shape index (κ1) is 14.7. The Labute approximate surface area is 133 Å². The molecule has 0 fully saturated rings. The van der Waals surface area contributed by atoms with Gasteiger partial charge in [0.05, 0.1) is 12.3 Å². The monoisotopic (exact) mass is 317 g/mol. The van der Waals surface area contributed by atoms with Crippen LogP contribution < -0.4 is 10.2 Å². The van der Waals surface area contributed by atoms with Gasteiger partial charge in [0.1, 0.15) is 12.7 Å². The SMILES string of the molecule is CCOC(=O)CN1c2cccnc2NC1c1cccc(Cl)c1. The Hall–Kier alpha value is -2.27. The maximum atomic E-state index is 11.9. The third-order valence-electron chi connectivity index (χ3n) is 3.45. The van der Waals surface area contributed by atoms with Gasteiger partial charge in [-0.3, -0.25) is 4.79 Å². The molecule has 1 aromatic heterocycles. The van der Waals surface area contributed by atoms with Crippen molar-refractivity contribution in [2.75, 3.05) is 23.4 Å². The predicted molar refractivity (Wildman–Crippen MR) is 86.0 cm³/mol. The molecule has 1 N–H and O–H groups in total. The first-order valence-corrected chi connectivity index (χ1v) is 7.46. The number of rotatable bonds is 4. The van der Waals surface area contributed by atoms with Crippen molar-refractivity contribution >= 4 is 29.1 Å². The molecule has 0 saturated heterocycles. The van der Waals surface area contributed by atoms with E-state index in [2.05, 4.69) is 10.3 Å². The Bertz CT molecular complexity index is 693. The van der Waals surface area contributed by atoms with Gasteiger partial charge in [0.25, 0.3) is 0 Å². The van der Waals surface area contributed by atoms with Crippen LogP contribution in [0.5, 0.6) is 0 Å². The summed E-state index contributed by atoms with van der Waals surface area (Å²) in [6.07, 6.45) is 1.52. The number of fused-ring (bicyclic) bond motifs is 1. The van der Waals surface area contributed by atoms with Crippen LogP contribution in [0.3, 0.4) is 0 Å². The standard InChI is InChI=1S/C16H16ClN3O2/c1-2-22-14(21)10-20-13-7-4-8-18-15(13)19-16(20)11-5-3-6-12(17)9-11/h3-9,16H,2,10H2,1H3,(H,18,19). The van der Waals surface area contributed by atoms with E-state index in [1.54, 1.807) is 13.1 Å². The highest BCUT2D eigenvalue weighted by molar-refractivity contribution is 6.30. The van der Waals surface area contributed by atoms with Crippen molar-refractivity contribution in [1.29, 1.82) is 0 Å². The zero-order valence-corrected chi connectivity index (χ0v) is 12.9. The Balaban J connectivity index is 1.94. The second-order valence-electron chi connectivity index (χ2n) is 4.91. The molecule has 1 aliphatic heterocycles. The van der Waals surface area contributed by atoms with Crippen LogP contribution in [0.15, 0.2) is 42.6 Å². The number of nitrogens with one attached hydrogen (secondary N) is 1. The van der Waals surface area contributed by atoms with E-state index in [4.69, 9.17) is 16.3 Å². The van der Waals surface area contributed by atoms with Crippen LogP contribution in [-0.2, 0) is 9.53 Å². The van der Waals surface area contributed by atoms with Crippen LogP contribution in [0.25, 0.3) is 0 Å². The summed E-state index contributed by atoms with van der Waals surface area (Å²) in [7, 11) is 0. The van der Waals surface area contributed by atoms with E-state index >= 15 is 0 Å². The molecule has 22 heavy (non-hydrogen) atoms. The van der Waals surface area contributed by atoms with Gasteiger partial charge in [0.2, 0.25) is 0 Å². The number of ether oxygens (including phenoxy) is 1. The lowest BCUT2D eigenvalue weighted by Gasteiger charge is -2.26. The molecule has 2 heterocycles. The number of benzene rings is 1. The van der Waals surface area contributed by atoms with E-state index in [1.807, 2.05) is 41.3 Å². The number of aromatic nitrogens is 1. The Morgan fingerprint density at radius 1 is 1.41 bits per heavy atom. The average molecular weight is 318 g/mol. The second kappa shape index (κ2) is 6.23. The number of carbonyl (C=O) groups excluding carboxylic acids is 1.